The van der Waals surface area contributed by atoms with E-state index in [0.29, 0.717) is 13.0 Å². The lowest BCUT2D eigenvalue weighted by Crippen LogP contribution is -2.38. The molecule has 1 heterocycles. The normalized spacial score (nSPS) is 12.8. The summed E-state index contributed by atoms with van der Waals surface area (Å²) in [7, 11) is 1.98. The summed E-state index contributed by atoms with van der Waals surface area (Å²) in [6, 6.07) is 7.53. The van der Waals surface area contributed by atoms with Crippen LogP contribution in [0.4, 0.5) is 0 Å². The van der Waals surface area contributed by atoms with Crippen LogP contribution in [0.25, 0.3) is 10.9 Å². The average Bonchev–Trinajstić information content (AvgIpc) is 2.66. The highest BCUT2D eigenvalue weighted by Crippen LogP contribution is 2.21. The van der Waals surface area contributed by atoms with Gasteiger partial charge in [0, 0.05) is 30.6 Å². The summed E-state index contributed by atoms with van der Waals surface area (Å²) in [5, 5.41) is 13.3. The minimum absolute atomic E-state index is 0.504. The number of aliphatic carboxylic acids is 1. The number of hydrogen-bond acceptors (Lipinski definition) is 2. The number of para-hydroxylation sites is 1. The van der Waals surface area contributed by atoms with Crippen molar-refractivity contribution >= 4 is 16.9 Å². The van der Waals surface area contributed by atoms with Gasteiger partial charge in [0.1, 0.15) is 6.04 Å². The second kappa shape index (κ2) is 5.23. The fourth-order valence-electron chi connectivity index (χ4n) is 2.30. The van der Waals surface area contributed by atoms with Gasteiger partial charge in [-0.1, -0.05) is 25.1 Å². The van der Waals surface area contributed by atoms with E-state index in [9.17, 15) is 9.90 Å². The SMILES string of the molecule is CCNC(Cc1cn(C)c2ccccc12)C(=O)O. The summed E-state index contributed by atoms with van der Waals surface area (Å²) in [6.07, 6.45) is 2.52. The first-order valence-corrected chi connectivity index (χ1v) is 6.12. The van der Waals surface area contributed by atoms with Gasteiger partial charge in [0.25, 0.3) is 0 Å². The zero-order chi connectivity index (χ0) is 13.1. The van der Waals surface area contributed by atoms with Gasteiger partial charge in [-0.25, -0.2) is 0 Å². The van der Waals surface area contributed by atoms with Crippen LogP contribution in [0.5, 0.6) is 0 Å². The number of aryl methyl sites for hydroxylation is 1. The number of carboxylic acid groups (broad SMARTS) is 1. The Hall–Kier alpha value is -1.81. The molecule has 96 valence electrons. The second-order valence-electron chi connectivity index (χ2n) is 4.44. The van der Waals surface area contributed by atoms with Crippen molar-refractivity contribution in [3.05, 3.63) is 36.0 Å². The van der Waals surface area contributed by atoms with Gasteiger partial charge in [-0.15, -0.1) is 0 Å². The zero-order valence-electron chi connectivity index (χ0n) is 10.7. The van der Waals surface area contributed by atoms with Crippen molar-refractivity contribution < 1.29 is 9.90 Å². The molecule has 1 atom stereocenters. The van der Waals surface area contributed by atoms with E-state index in [0.717, 1.165) is 16.5 Å². The number of carbonyl (C=O) groups is 1. The van der Waals surface area contributed by atoms with E-state index in [4.69, 9.17) is 0 Å². The molecule has 0 aliphatic rings. The summed E-state index contributed by atoms with van der Waals surface area (Å²) in [4.78, 5) is 11.2. The predicted molar refractivity (Wildman–Crippen MR) is 71.7 cm³/mol. The predicted octanol–water partition coefficient (Wildman–Crippen LogP) is 1.78. The largest absolute Gasteiger partial charge is 0.480 e. The third-order valence-electron chi connectivity index (χ3n) is 3.15. The molecule has 0 radical (unpaired) electrons. The molecule has 1 aromatic heterocycles. The molecule has 0 spiro atoms. The van der Waals surface area contributed by atoms with Crippen LogP contribution in [0, 0.1) is 0 Å². The molecule has 0 bridgehead atoms. The first kappa shape index (κ1) is 12.6. The van der Waals surface area contributed by atoms with Crippen LogP contribution in [-0.2, 0) is 18.3 Å². The average molecular weight is 246 g/mol. The molecule has 2 aromatic rings. The molecule has 2 rings (SSSR count). The Balaban J connectivity index is 2.33. The number of fused-ring (bicyclic) bond motifs is 1. The van der Waals surface area contributed by atoms with Gasteiger partial charge in [0.05, 0.1) is 0 Å². The smallest absolute Gasteiger partial charge is 0.321 e. The summed E-state index contributed by atoms with van der Waals surface area (Å²) < 4.78 is 2.04. The molecule has 0 aliphatic carbocycles. The number of likely N-dealkylation sites (N-methyl/N-ethyl adjacent to an activating group) is 1. The van der Waals surface area contributed by atoms with Crippen LogP contribution in [-0.4, -0.2) is 28.2 Å². The first-order valence-electron chi connectivity index (χ1n) is 6.12. The van der Waals surface area contributed by atoms with E-state index in [1.807, 2.05) is 49.0 Å². The van der Waals surface area contributed by atoms with Gasteiger partial charge in [-0.05, 0) is 18.2 Å². The Kier molecular flexibility index (Phi) is 3.67. The summed E-state index contributed by atoms with van der Waals surface area (Å²) in [6.45, 7) is 2.57. The number of rotatable bonds is 5. The molecule has 18 heavy (non-hydrogen) atoms. The quantitative estimate of drug-likeness (QED) is 0.845. The lowest BCUT2D eigenvalue weighted by atomic mass is 10.1. The highest BCUT2D eigenvalue weighted by atomic mass is 16.4. The van der Waals surface area contributed by atoms with Crippen LogP contribution in [0.2, 0.25) is 0 Å². The van der Waals surface area contributed by atoms with E-state index in [1.54, 1.807) is 0 Å². The van der Waals surface area contributed by atoms with E-state index < -0.39 is 12.0 Å². The van der Waals surface area contributed by atoms with Gasteiger partial charge in [0.2, 0.25) is 0 Å². The van der Waals surface area contributed by atoms with Crippen LogP contribution < -0.4 is 5.32 Å². The van der Waals surface area contributed by atoms with Gasteiger partial charge in [-0.2, -0.15) is 0 Å². The molecule has 0 fully saturated rings. The number of nitrogens with zero attached hydrogens (tertiary/aromatic N) is 1. The third kappa shape index (κ3) is 2.38. The molecule has 1 aromatic carbocycles. The maximum atomic E-state index is 11.2. The van der Waals surface area contributed by atoms with Crippen LogP contribution in [0.3, 0.4) is 0 Å². The minimum Gasteiger partial charge on any atom is -0.480 e. The van der Waals surface area contributed by atoms with Crippen molar-refractivity contribution in [3.63, 3.8) is 0 Å². The van der Waals surface area contributed by atoms with Crippen molar-refractivity contribution in [2.24, 2.45) is 7.05 Å². The lowest BCUT2D eigenvalue weighted by Gasteiger charge is -2.12. The fourth-order valence-corrected chi connectivity index (χ4v) is 2.30. The lowest BCUT2D eigenvalue weighted by molar-refractivity contribution is -0.139. The minimum atomic E-state index is -0.801. The van der Waals surface area contributed by atoms with Crippen LogP contribution >= 0.6 is 0 Å². The van der Waals surface area contributed by atoms with Crippen molar-refractivity contribution in [1.29, 1.82) is 0 Å². The van der Waals surface area contributed by atoms with E-state index in [2.05, 4.69) is 5.32 Å². The summed E-state index contributed by atoms with van der Waals surface area (Å²) in [5.74, 6) is -0.801. The topological polar surface area (TPSA) is 54.3 Å². The molecule has 2 N–H and O–H groups in total. The highest BCUT2D eigenvalue weighted by molar-refractivity contribution is 5.85. The fraction of sp³-hybridized carbons (Fsp3) is 0.357. The number of aromatic nitrogens is 1. The first-order chi connectivity index (χ1) is 8.63. The maximum absolute atomic E-state index is 11.2. The van der Waals surface area contributed by atoms with Crippen molar-refractivity contribution in [3.8, 4) is 0 Å². The number of hydrogen-bond donors (Lipinski definition) is 2. The number of nitrogens with one attached hydrogen (secondary N) is 1. The summed E-state index contributed by atoms with van der Waals surface area (Å²) in [5.41, 5.74) is 2.20. The highest BCUT2D eigenvalue weighted by Gasteiger charge is 2.18. The standard InChI is InChI=1S/C14H18N2O2/c1-3-15-12(14(17)18)8-10-9-16(2)13-7-5-4-6-11(10)13/h4-7,9,12,15H,3,8H2,1-2H3,(H,17,18). The van der Waals surface area contributed by atoms with E-state index >= 15 is 0 Å². The molecule has 4 nitrogen and oxygen atoms in total. The van der Waals surface area contributed by atoms with Gasteiger partial charge >= 0.3 is 5.97 Å². The molecule has 4 heteroatoms. The van der Waals surface area contributed by atoms with E-state index in [-0.39, 0.29) is 0 Å². The van der Waals surface area contributed by atoms with Crippen LogP contribution in [0.15, 0.2) is 30.5 Å². The Morgan fingerprint density at radius 2 is 2.17 bits per heavy atom. The zero-order valence-corrected chi connectivity index (χ0v) is 10.7. The Morgan fingerprint density at radius 1 is 1.44 bits per heavy atom. The Morgan fingerprint density at radius 3 is 2.83 bits per heavy atom. The van der Waals surface area contributed by atoms with Crippen LogP contribution in [0.1, 0.15) is 12.5 Å². The number of benzene rings is 1. The molecule has 0 aliphatic heterocycles. The van der Waals surface area contributed by atoms with Gasteiger partial charge in [-0.3, -0.25) is 4.79 Å². The summed E-state index contributed by atoms with van der Waals surface area (Å²) >= 11 is 0. The molecule has 1 unspecified atom stereocenters. The van der Waals surface area contributed by atoms with E-state index in [1.165, 1.54) is 0 Å². The second-order valence-corrected chi connectivity index (χ2v) is 4.44. The Labute approximate surface area is 106 Å². The Bertz CT molecular complexity index is 560. The maximum Gasteiger partial charge on any atom is 0.321 e. The number of carboxylic acids is 1. The van der Waals surface area contributed by atoms with Crippen molar-refractivity contribution in [2.45, 2.75) is 19.4 Å². The molecular formula is C14H18N2O2. The van der Waals surface area contributed by atoms with Crippen molar-refractivity contribution in [2.75, 3.05) is 6.54 Å². The molecular weight excluding hydrogens is 228 g/mol. The third-order valence-corrected chi connectivity index (χ3v) is 3.15. The monoisotopic (exact) mass is 246 g/mol. The molecule has 0 saturated carbocycles. The molecule has 0 saturated heterocycles. The van der Waals surface area contributed by atoms with Crippen molar-refractivity contribution in [1.82, 2.24) is 9.88 Å². The van der Waals surface area contributed by atoms with Gasteiger partial charge < -0.3 is 15.0 Å². The van der Waals surface area contributed by atoms with Gasteiger partial charge in [0.15, 0.2) is 0 Å². The molecule has 0 amide bonds.